The second-order valence-electron chi connectivity index (χ2n) is 5.79. The third kappa shape index (κ3) is 4.55. The lowest BCUT2D eigenvalue weighted by atomic mass is 9.86. The average molecular weight is 277 g/mol. The number of primary amides is 1. The Morgan fingerprint density at radius 1 is 1.33 bits per heavy atom. The Balaban J connectivity index is 2.34. The van der Waals surface area contributed by atoms with E-state index in [-0.39, 0.29) is 17.2 Å². The van der Waals surface area contributed by atoms with Crippen molar-refractivity contribution in [3.8, 4) is 0 Å². The SMILES string of the molecule is CC(C)(C)[C@H](NCCNS(=O)(=O)C1CC1)C(N)=O. The zero-order chi connectivity index (χ0) is 14.0. The highest BCUT2D eigenvalue weighted by atomic mass is 32.2. The molecule has 0 aromatic rings. The van der Waals surface area contributed by atoms with Crippen LogP contribution in [0.1, 0.15) is 33.6 Å². The van der Waals surface area contributed by atoms with Crippen LogP contribution < -0.4 is 15.8 Å². The Bertz CT molecular complexity index is 396. The predicted molar refractivity (Wildman–Crippen MR) is 70.4 cm³/mol. The van der Waals surface area contributed by atoms with Crippen LogP contribution in [0.15, 0.2) is 0 Å². The zero-order valence-corrected chi connectivity index (χ0v) is 12.0. The summed E-state index contributed by atoms with van der Waals surface area (Å²) in [5.41, 5.74) is 5.02. The van der Waals surface area contributed by atoms with Crippen molar-refractivity contribution >= 4 is 15.9 Å². The number of carbonyl (C=O) groups is 1. The number of hydrogen-bond acceptors (Lipinski definition) is 4. The molecule has 0 aliphatic heterocycles. The maximum Gasteiger partial charge on any atom is 0.235 e. The Labute approximate surface area is 109 Å². The molecule has 1 atom stereocenters. The third-order valence-corrected chi connectivity index (χ3v) is 4.85. The first-order valence-electron chi connectivity index (χ1n) is 6.16. The van der Waals surface area contributed by atoms with E-state index in [0.29, 0.717) is 6.54 Å². The zero-order valence-electron chi connectivity index (χ0n) is 11.2. The minimum absolute atomic E-state index is 0.216. The van der Waals surface area contributed by atoms with Gasteiger partial charge in [-0.2, -0.15) is 0 Å². The average Bonchev–Trinajstić information content (AvgIpc) is 2.97. The van der Waals surface area contributed by atoms with Crippen molar-refractivity contribution in [2.45, 2.75) is 44.9 Å². The molecule has 0 spiro atoms. The Hall–Kier alpha value is -0.660. The van der Waals surface area contributed by atoms with Crippen molar-refractivity contribution in [1.29, 1.82) is 0 Å². The van der Waals surface area contributed by atoms with Crippen LogP contribution in [0.3, 0.4) is 0 Å². The van der Waals surface area contributed by atoms with Crippen molar-refractivity contribution in [3.63, 3.8) is 0 Å². The second kappa shape index (κ2) is 5.54. The number of sulfonamides is 1. The van der Waals surface area contributed by atoms with Gasteiger partial charge in [-0.25, -0.2) is 13.1 Å². The molecule has 1 aliphatic carbocycles. The van der Waals surface area contributed by atoms with Crippen molar-refractivity contribution in [3.05, 3.63) is 0 Å². The fourth-order valence-corrected chi connectivity index (χ4v) is 3.12. The van der Waals surface area contributed by atoms with Crippen LogP contribution in [-0.4, -0.2) is 38.7 Å². The molecular weight excluding hydrogens is 254 g/mol. The minimum atomic E-state index is -3.15. The normalized spacial score (nSPS) is 18.6. The van der Waals surface area contributed by atoms with Gasteiger partial charge in [-0.05, 0) is 18.3 Å². The van der Waals surface area contributed by atoms with Gasteiger partial charge in [-0.3, -0.25) is 4.79 Å². The maximum absolute atomic E-state index is 11.5. The Morgan fingerprint density at radius 2 is 1.89 bits per heavy atom. The smallest absolute Gasteiger partial charge is 0.235 e. The Morgan fingerprint density at radius 3 is 2.28 bits per heavy atom. The van der Waals surface area contributed by atoms with Gasteiger partial charge in [0.15, 0.2) is 0 Å². The summed E-state index contributed by atoms with van der Waals surface area (Å²) in [7, 11) is -3.15. The van der Waals surface area contributed by atoms with Crippen LogP contribution in [0, 0.1) is 5.41 Å². The molecule has 1 aliphatic rings. The standard InChI is InChI=1S/C11H23N3O3S/c1-11(2,3)9(10(12)15)13-6-7-14-18(16,17)8-4-5-8/h8-9,13-14H,4-7H2,1-3H3,(H2,12,15)/t9-/m1/s1. The first kappa shape index (κ1) is 15.4. The molecule has 7 heteroatoms. The maximum atomic E-state index is 11.5. The molecule has 106 valence electrons. The highest BCUT2D eigenvalue weighted by molar-refractivity contribution is 7.90. The lowest BCUT2D eigenvalue weighted by Crippen LogP contribution is -2.51. The molecule has 18 heavy (non-hydrogen) atoms. The molecule has 0 radical (unpaired) electrons. The fourth-order valence-electron chi connectivity index (χ4n) is 1.74. The molecule has 6 nitrogen and oxygen atoms in total. The molecule has 4 N–H and O–H groups in total. The molecule has 0 bridgehead atoms. The van der Waals surface area contributed by atoms with E-state index in [1.165, 1.54) is 0 Å². The van der Waals surface area contributed by atoms with Crippen LogP contribution in [0.5, 0.6) is 0 Å². The third-order valence-electron chi connectivity index (χ3n) is 2.89. The number of nitrogens with one attached hydrogen (secondary N) is 2. The summed E-state index contributed by atoms with van der Waals surface area (Å²) in [6.45, 7) is 6.38. The van der Waals surface area contributed by atoms with Crippen LogP contribution in [-0.2, 0) is 14.8 Å². The lowest BCUT2D eigenvalue weighted by molar-refractivity contribution is -0.122. The van der Waals surface area contributed by atoms with E-state index in [2.05, 4.69) is 10.0 Å². The van der Waals surface area contributed by atoms with E-state index < -0.39 is 22.0 Å². The van der Waals surface area contributed by atoms with Gasteiger partial charge in [-0.15, -0.1) is 0 Å². The molecule has 1 saturated carbocycles. The first-order valence-corrected chi connectivity index (χ1v) is 7.70. The second-order valence-corrected chi connectivity index (χ2v) is 7.84. The van der Waals surface area contributed by atoms with E-state index in [0.717, 1.165) is 12.8 Å². The summed E-state index contributed by atoms with van der Waals surface area (Å²) in [5.74, 6) is -0.424. The Kier molecular flexibility index (Phi) is 4.74. The number of amides is 1. The van der Waals surface area contributed by atoms with Gasteiger partial charge in [0.05, 0.1) is 11.3 Å². The summed E-state index contributed by atoms with van der Waals surface area (Å²) in [6.07, 6.45) is 1.49. The number of hydrogen-bond donors (Lipinski definition) is 3. The summed E-state index contributed by atoms with van der Waals surface area (Å²) in [4.78, 5) is 11.3. The van der Waals surface area contributed by atoms with E-state index in [1.807, 2.05) is 20.8 Å². The largest absolute Gasteiger partial charge is 0.368 e. The van der Waals surface area contributed by atoms with Gasteiger partial charge in [0, 0.05) is 13.1 Å². The number of nitrogens with two attached hydrogens (primary N) is 1. The van der Waals surface area contributed by atoms with Gasteiger partial charge in [-0.1, -0.05) is 20.8 Å². The molecular formula is C11H23N3O3S. The van der Waals surface area contributed by atoms with Gasteiger partial charge < -0.3 is 11.1 Å². The van der Waals surface area contributed by atoms with E-state index in [4.69, 9.17) is 5.73 Å². The predicted octanol–water partition coefficient (Wildman–Crippen LogP) is -0.442. The van der Waals surface area contributed by atoms with Crippen molar-refractivity contribution in [1.82, 2.24) is 10.0 Å². The fraction of sp³-hybridized carbons (Fsp3) is 0.909. The molecule has 0 heterocycles. The van der Waals surface area contributed by atoms with Crippen molar-refractivity contribution in [2.24, 2.45) is 11.1 Å². The van der Waals surface area contributed by atoms with Gasteiger partial charge in [0.25, 0.3) is 0 Å². The van der Waals surface area contributed by atoms with Crippen LogP contribution >= 0.6 is 0 Å². The van der Waals surface area contributed by atoms with Crippen LogP contribution in [0.2, 0.25) is 0 Å². The topological polar surface area (TPSA) is 101 Å². The summed E-state index contributed by atoms with van der Waals surface area (Å²) in [6, 6.07) is -0.470. The quantitative estimate of drug-likeness (QED) is 0.549. The molecule has 1 amide bonds. The highest BCUT2D eigenvalue weighted by Gasteiger charge is 2.35. The molecule has 1 fully saturated rings. The summed E-state index contributed by atoms with van der Waals surface area (Å²) >= 11 is 0. The minimum Gasteiger partial charge on any atom is -0.368 e. The summed E-state index contributed by atoms with van der Waals surface area (Å²) < 4.78 is 25.6. The van der Waals surface area contributed by atoms with Gasteiger partial charge >= 0.3 is 0 Å². The van der Waals surface area contributed by atoms with Gasteiger partial charge in [0.1, 0.15) is 0 Å². The molecule has 0 aromatic heterocycles. The van der Waals surface area contributed by atoms with Gasteiger partial charge in [0.2, 0.25) is 15.9 Å². The number of carbonyl (C=O) groups excluding carboxylic acids is 1. The molecule has 0 saturated heterocycles. The monoisotopic (exact) mass is 277 g/mol. The van der Waals surface area contributed by atoms with E-state index in [9.17, 15) is 13.2 Å². The van der Waals surface area contributed by atoms with Crippen LogP contribution in [0.25, 0.3) is 0 Å². The number of rotatable bonds is 7. The molecule has 0 aromatic carbocycles. The highest BCUT2D eigenvalue weighted by Crippen LogP contribution is 2.27. The molecule has 1 rings (SSSR count). The first-order chi connectivity index (χ1) is 8.14. The van der Waals surface area contributed by atoms with E-state index >= 15 is 0 Å². The molecule has 0 unspecified atom stereocenters. The van der Waals surface area contributed by atoms with Crippen LogP contribution in [0.4, 0.5) is 0 Å². The van der Waals surface area contributed by atoms with Crippen molar-refractivity contribution in [2.75, 3.05) is 13.1 Å². The van der Waals surface area contributed by atoms with Crippen molar-refractivity contribution < 1.29 is 13.2 Å². The van der Waals surface area contributed by atoms with E-state index in [1.54, 1.807) is 0 Å². The summed E-state index contributed by atoms with van der Waals surface area (Å²) in [5, 5.41) is 2.77. The lowest BCUT2D eigenvalue weighted by Gasteiger charge is -2.28.